The standard InChI is InChI=1S/C14H26/c1-2-3-4-5-6-7-8-11-14-12-9-10-13-14/h12H,2-11,13H2,1H3. The van der Waals surface area contributed by atoms with Crippen molar-refractivity contribution in [2.24, 2.45) is 0 Å². The van der Waals surface area contributed by atoms with E-state index in [4.69, 9.17) is 0 Å². The summed E-state index contributed by atoms with van der Waals surface area (Å²) in [7, 11) is 0. The molecule has 0 aromatic carbocycles. The van der Waals surface area contributed by atoms with E-state index in [9.17, 15) is 0 Å². The molecule has 0 spiro atoms. The number of rotatable bonds is 8. The molecular formula is C14H26. The molecule has 0 heterocycles. The van der Waals surface area contributed by atoms with E-state index >= 15 is 0 Å². The third-order valence-corrected chi connectivity index (χ3v) is 3.24. The normalized spacial score (nSPS) is 15.9. The lowest BCUT2D eigenvalue weighted by atomic mass is 10.0. The number of allylic oxidation sites excluding steroid dienone is 2. The molecule has 0 atom stereocenters. The molecule has 0 heteroatoms. The Hall–Kier alpha value is -0.260. The lowest BCUT2D eigenvalue weighted by Gasteiger charge is -2.02. The Labute approximate surface area is 89.8 Å². The van der Waals surface area contributed by atoms with Gasteiger partial charge in [0.2, 0.25) is 0 Å². The summed E-state index contributed by atoms with van der Waals surface area (Å²) in [6.45, 7) is 2.28. The van der Waals surface area contributed by atoms with Crippen LogP contribution in [0.2, 0.25) is 0 Å². The Morgan fingerprint density at radius 2 is 1.71 bits per heavy atom. The molecule has 1 aliphatic carbocycles. The van der Waals surface area contributed by atoms with Crippen LogP contribution in [0.15, 0.2) is 11.6 Å². The molecule has 0 amide bonds. The average Bonchev–Trinajstić information content (AvgIpc) is 2.69. The molecule has 0 saturated heterocycles. The van der Waals surface area contributed by atoms with E-state index in [-0.39, 0.29) is 0 Å². The molecule has 14 heavy (non-hydrogen) atoms. The largest absolute Gasteiger partial charge is 0.0853 e. The van der Waals surface area contributed by atoms with Crippen LogP contribution in [0.4, 0.5) is 0 Å². The molecule has 0 saturated carbocycles. The highest BCUT2D eigenvalue weighted by molar-refractivity contribution is 5.06. The highest BCUT2D eigenvalue weighted by Gasteiger charge is 2.03. The molecular weight excluding hydrogens is 168 g/mol. The summed E-state index contributed by atoms with van der Waals surface area (Å²) < 4.78 is 0. The fourth-order valence-corrected chi connectivity index (χ4v) is 2.27. The van der Waals surface area contributed by atoms with Gasteiger partial charge in [-0.25, -0.2) is 0 Å². The minimum absolute atomic E-state index is 1.35. The quantitative estimate of drug-likeness (QED) is 0.366. The summed E-state index contributed by atoms with van der Waals surface area (Å²) >= 11 is 0. The van der Waals surface area contributed by atoms with Gasteiger partial charge in [0, 0.05) is 0 Å². The van der Waals surface area contributed by atoms with E-state index in [1.165, 1.54) is 70.6 Å². The van der Waals surface area contributed by atoms with Crippen LogP contribution in [0, 0.1) is 0 Å². The summed E-state index contributed by atoms with van der Waals surface area (Å²) in [6.07, 6.45) is 18.1. The Bertz CT molecular complexity index is 155. The minimum atomic E-state index is 1.35. The van der Waals surface area contributed by atoms with E-state index in [0.29, 0.717) is 0 Å². The minimum Gasteiger partial charge on any atom is -0.0853 e. The lowest BCUT2D eigenvalue weighted by molar-refractivity contribution is 0.586. The molecule has 0 nitrogen and oxygen atoms in total. The molecule has 0 bridgehead atoms. The zero-order valence-electron chi connectivity index (χ0n) is 9.86. The molecule has 0 aromatic heterocycles. The SMILES string of the molecule is CCCCCCCCCC1=CCCC1. The number of hydrogen-bond donors (Lipinski definition) is 0. The van der Waals surface area contributed by atoms with Crippen molar-refractivity contribution in [1.82, 2.24) is 0 Å². The van der Waals surface area contributed by atoms with Crippen LogP contribution in [0.3, 0.4) is 0 Å². The third-order valence-electron chi connectivity index (χ3n) is 3.24. The maximum atomic E-state index is 2.47. The van der Waals surface area contributed by atoms with Crippen LogP contribution in [-0.4, -0.2) is 0 Å². The second kappa shape index (κ2) is 8.08. The van der Waals surface area contributed by atoms with E-state index in [0.717, 1.165) is 0 Å². The summed E-state index contributed by atoms with van der Waals surface area (Å²) in [6, 6.07) is 0. The van der Waals surface area contributed by atoms with E-state index in [2.05, 4.69) is 13.0 Å². The summed E-state index contributed by atoms with van der Waals surface area (Å²) in [5.41, 5.74) is 1.75. The molecule has 0 fully saturated rings. The molecule has 1 rings (SSSR count). The third kappa shape index (κ3) is 5.47. The van der Waals surface area contributed by atoms with Gasteiger partial charge in [-0.1, -0.05) is 57.1 Å². The van der Waals surface area contributed by atoms with Crippen LogP contribution in [0.25, 0.3) is 0 Å². The smallest absolute Gasteiger partial charge is 0.0317 e. The van der Waals surface area contributed by atoms with Crippen molar-refractivity contribution in [1.29, 1.82) is 0 Å². The monoisotopic (exact) mass is 194 g/mol. The van der Waals surface area contributed by atoms with Gasteiger partial charge >= 0.3 is 0 Å². The summed E-state index contributed by atoms with van der Waals surface area (Å²) in [4.78, 5) is 0. The van der Waals surface area contributed by atoms with Gasteiger partial charge in [0.25, 0.3) is 0 Å². The van der Waals surface area contributed by atoms with E-state index in [1.54, 1.807) is 5.57 Å². The zero-order chi connectivity index (χ0) is 10.1. The Kier molecular flexibility index (Phi) is 6.82. The highest BCUT2D eigenvalue weighted by Crippen LogP contribution is 2.23. The lowest BCUT2D eigenvalue weighted by Crippen LogP contribution is -1.82. The molecule has 0 aromatic rings. The van der Waals surface area contributed by atoms with E-state index in [1.807, 2.05) is 0 Å². The summed E-state index contributed by atoms with van der Waals surface area (Å²) in [5.74, 6) is 0. The molecule has 0 radical (unpaired) electrons. The number of unbranched alkanes of at least 4 members (excludes halogenated alkanes) is 6. The molecule has 0 aliphatic heterocycles. The van der Waals surface area contributed by atoms with Gasteiger partial charge < -0.3 is 0 Å². The van der Waals surface area contributed by atoms with Crippen molar-refractivity contribution in [2.75, 3.05) is 0 Å². The van der Waals surface area contributed by atoms with Gasteiger partial charge in [-0.05, 0) is 32.1 Å². The zero-order valence-corrected chi connectivity index (χ0v) is 9.86. The first-order valence-electron chi connectivity index (χ1n) is 6.61. The van der Waals surface area contributed by atoms with Crippen molar-refractivity contribution < 1.29 is 0 Å². The molecule has 82 valence electrons. The van der Waals surface area contributed by atoms with Crippen molar-refractivity contribution in [3.05, 3.63) is 11.6 Å². The second-order valence-corrected chi connectivity index (χ2v) is 4.63. The average molecular weight is 194 g/mol. The molecule has 1 aliphatic rings. The predicted octanol–water partition coefficient (Wildman–Crippen LogP) is 5.24. The van der Waals surface area contributed by atoms with Crippen LogP contribution >= 0.6 is 0 Å². The topological polar surface area (TPSA) is 0 Å². The van der Waals surface area contributed by atoms with Crippen LogP contribution in [-0.2, 0) is 0 Å². The van der Waals surface area contributed by atoms with Crippen molar-refractivity contribution >= 4 is 0 Å². The van der Waals surface area contributed by atoms with Crippen molar-refractivity contribution in [3.8, 4) is 0 Å². The van der Waals surface area contributed by atoms with Gasteiger partial charge in [0.1, 0.15) is 0 Å². The maximum absolute atomic E-state index is 2.47. The van der Waals surface area contributed by atoms with Crippen molar-refractivity contribution in [2.45, 2.75) is 77.6 Å². The van der Waals surface area contributed by atoms with Crippen molar-refractivity contribution in [3.63, 3.8) is 0 Å². The van der Waals surface area contributed by atoms with Gasteiger partial charge in [-0.15, -0.1) is 0 Å². The van der Waals surface area contributed by atoms with Crippen LogP contribution in [0.1, 0.15) is 77.6 Å². The Balaban J connectivity index is 1.80. The van der Waals surface area contributed by atoms with Crippen LogP contribution < -0.4 is 0 Å². The van der Waals surface area contributed by atoms with Gasteiger partial charge in [-0.3, -0.25) is 0 Å². The highest BCUT2D eigenvalue weighted by atomic mass is 14.1. The first-order chi connectivity index (χ1) is 6.93. The maximum Gasteiger partial charge on any atom is -0.0317 e. The second-order valence-electron chi connectivity index (χ2n) is 4.63. The fourth-order valence-electron chi connectivity index (χ4n) is 2.27. The summed E-state index contributed by atoms with van der Waals surface area (Å²) in [5, 5.41) is 0. The van der Waals surface area contributed by atoms with E-state index < -0.39 is 0 Å². The first kappa shape index (κ1) is 11.8. The Morgan fingerprint density at radius 3 is 2.36 bits per heavy atom. The number of hydrogen-bond acceptors (Lipinski definition) is 0. The first-order valence-corrected chi connectivity index (χ1v) is 6.61. The Morgan fingerprint density at radius 1 is 1.00 bits per heavy atom. The fraction of sp³-hybridized carbons (Fsp3) is 0.857. The molecule has 0 N–H and O–H groups in total. The van der Waals surface area contributed by atoms with Crippen LogP contribution in [0.5, 0.6) is 0 Å². The van der Waals surface area contributed by atoms with Gasteiger partial charge in [0.15, 0.2) is 0 Å². The van der Waals surface area contributed by atoms with Gasteiger partial charge in [0.05, 0.1) is 0 Å². The predicted molar refractivity (Wildman–Crippen MR) is 64.5 cm³/mol. The molecule has 0 unspecified atom stereocenters. The van der Waals surface area contributed by atoms with Gasteiger partial charge in [-0.2, -0.15) is 0 Å².